The van der Waals surface area contributed by atoms with Crippen LogP contribution >= 0.6 is 12.4 Å². The number of likely N-dealkylation sites (N-methyl/N-ethyl adjacent to an activating group) is 2. The fraction of sp³-hybridized carbons (Fsp3) is 0.429. The van der Waals surface area contributed by atoms with Crippen molar-refractivity contribution in [2.24, 2.45) is 0 Å². The topological polar surface area (TPSA) is 61.4 Å². The fourth-order valence-electron chi connectivity index (χ4n) is 1.59. The van der Waals surface area contributed by atoms with Crippen LogP contribution in [0, 0.1) is 0 Å². The van der Waals surface area contributed by atoms with E-state index in [1.807, 2.05) is 19.2 Å². The van der Waals surface area contributed by atoms with Crippen molar-refractivity contribution in [3.63, 3.8) is 0 Å². The number of nitrogens with zero attached hydrogens (tertiary/aromatic N) is 1. The van der Waals surface area contributed by atoms with Crippen LogP contribution in [0.25, 0.3) is 0 Å². The van der Waals surface area contributed by atoms with Crippen molar-refractivity contribution in [1.29, 1.82) is 0 Å². The van der Waals surface area contributed by atoms with Crippen LogP contribution in [0.1, 0.15) is 22.8 Å². The van der Waals surface area contributed by atoms with Crippen LogP contribution in [0.2, 0.25) is 0 Å². The molecule has 0 aliphatic carbocycles. The first-order chi connectivity index (χ1) is 9.04. The van der Waals surface area contributed by atoms with Gasteiger partial charge in [0.25, 0.3) is 5.91 Å². The lowest BCUT2D eigenvalue weighted by Gasteiger charge is -2.17. The zero-order valence-corrected chi connectivity index (χ0v) is 12.9. The van der Waals surface area contributed by atoms with Gasteiger partial charge in [0.15, 0.2) is 0 Å². The van der Waals surface area contributed by atoms with Crippen molar-refractivity contribution in [3.05, 3.63) is 35.4 Å². The third kappa shape index (κ3) is 6.04. The zero-order valence-electron chi connectivity index (χ0n) is 12.1. The minimum absolute atomic E-state index is 0. The van der Waals surface area contributed by atoms with E-state index in [-0.39, 0.29) is 24.2 Å². The lowest BCUT2D eigenvalue weighted by molar-refractivity contribution is -0.119. The molecule has 0 aliphatic rings. The summed E-state index contributed by atoms with van der Waals surface area (Å²) in [7, 11) is 3.64. The number of carbonyl (C=O) groups excluding carboxylic acids is 2. The smallest absolute Gasteiger partial charge is 0.253 e. The SMILES string of the molecule is CNCCN(C)C(=O)c1ccc(CNC(C)=O)cc1.Cl. The molecule has 6 heteroatoms. The van der Waals surface area contributed by atoms with Crippen LogP contribution in [0.15, 0.2) is 24.3 Å². The van der Waals surface area contributed by atoms with Gasteiger partial charge in [-0.05, 0) is 24.7 Å². The number of carbonyl (C=O) groups is 2. The molecule has 0 heterocycles. The van der Waals surface area contributed by atoms with Crippen molar-refractivity contribution < 1.29 is 9.59 Å². The van der Waals surface area contributed by atoms with Crippen molar-refractivity contribution in [2.75, 3.05) is 27.2 Å². The molecule has 0 atom stereocenters. The Labute approximate surface area is 126 Å². The predicted octanol–water partition coefficient (Wildman–Crippen LogP) is 1.04. The molecule has 112 valence electrons. The molecule has 0 fully saturated rings. The highest BCUT2D eigenvalue weighted by Gasteiger charge is 2.10. The summed E-state index contributed by atoms with van der Waals surface area (Å²) in [6, 6.07) is 7.29. The van der Waals surface area contributed by atoms with Gasteiger partial charge < -0.3 is 15.5 Å². The van der Waals surface area contributed by atoms with Gasteiger partial charge in [0, 0.05) is 39.2 Å². The van der Waals surface area contributed by atoms with E-state index in [1.165, 1.54) is 6.92 Å². The number of hydrogen-bond donors (Lipinski definition) is 2. The number of hydrogen-bond acceptors (Lipinski definition) is 3. The maximum Gasteiger partial charge on any atom is 0.253 e. The number of nitrogens with one attached hydrogen (secondary N) is 2. The highest BCUT2D eigenvalue weighted by atomic mass is 35.5. The van der Waals surface area contributed by atoms with Gasteiger partial charge in [0.05, 0.1) is 0 Å². The van der Waals surface area contributed by atoms with E-state index in [2.05, 4.69) is 10.6 Å². The molecule has 1 aromatic rings. The Morgan fingerprint density at radius 2 is 1.80 bits per heavy atom. The van der Waals surface area contributed by atoms with E-state index in [0.29, 0.717) is 18.7 Å². The van der Waals surface area contributed by atoms with Gasteiger partial charge in [-0.25, -0.2) is 0 Å². The van der Waals surface area contributed by atoms with Crippen molar-refractivity contribution in [2.45, 2.75) is 13.5 Å². The number of amides is 2. The second-order valence-electron chi connectivity index (χ2n) is 4.44. The maximum atomic E-state index is 12.1. The average molecular weight is 300 g/mol. The summed E-state index contributed by atoms with van der Waals surface area (Å²) in [6.07, 6.45) is 0. The molecule has 5 nitrogen and oxygen atoms in total. The van der Waals surface area contributed by atoms with Gasteiger partial charge in [0.2, 0.25) is 5.91 Å². The molecule has 0 aromatic heterocycles. The lowest BCUT2D eigenvalue weighted by atomic mass is 10.1. The summed E-state index contributed by atoms with van der Waals surface area (Å²) in [5, 5.41) is 5.73. The van der Waals surface area contributed by atoms with Crippen LogP contribution in [0.3, 0.4) is 0 Å². The van der Waals surface area contributed by atoms with E-state index in [1.54, 1.807) is 24.1 Å². The summed E-state index contributed by atoms with van der Waals surface area (Å²) in [4.78, 5) is 24.5. The molecule has 0 bridgehead atoms. The van der Waals surface area contributed by atoms with Crippen LogP contribution in [0.4, 0.5) is 0 Å². The first-order valence-corrected chi connectivity index (χ1v) is 6.28. The average Bonchev–Trinajstić information content (AvgIpc) is 2.42. The highest BCUT2D eigenvalue weighted by molar-refractivity contribution is 5.94. The van der Waals surface area contributed by atoms with Gasteiger partial charge in [-0.1, -0.05) is 12.1 Å². The van der Waals surface area contributed by atoms with E-state index >= 15 is 0 Å². The summed E-state index contributed by atoms with van der Waals surface area (Å²) in [5.74, 6) is -0.0618. The molecule has 2 amide bonds. The number of benzene rings is 1. The molecule has 2 N–H and O–H groups in total. The Balaban J connectivity index is 0.00000361. The van der Waals surface area contributed by atoms with Crippen molar-refractivity contribution in [3.8, 4) is 0 Å². The molecule has 0 saturated carbocycles. The zero-order chi connectivity index (χ0) is 14.3. The lowest BCUT2D eigenvalue weighted by Crippen LogP contribution is -2.32. The van der Waals surface area contributed by atoms with Gasteiger partial charge in [0.1, 0.15) is 0 Å². The van der Waals surface area contributed by atoms with Crippen LogP contribution < -0.4 is 10.6 Å². The maximum absolute atomic E-state index is 12.1. The molecule has 0 aliphatic heterocycles. The van der Waals surface area contributed by atoms with Crippen LogP contribution in [0.5, 0.6) is 0 Å². The van der Waals surface area contributed by atoms with E-state index in [0.717, 1.165) is 12.1 Å². The van der Waals surface area contributed by atoms with E-state index in [9.17, 15) is 9.59 Å². The monoisotopic (exact) mass is 299 g/mol. The van der Waals surface area contributed by atoms with Gasteiger partial charge in [-0.3, -0.25) is 9.59 Å². The summed E-state index contributed by atoms with van der Waals surface area (Å²) in [6.45, 7) is 3.40. The molecule has 20 heavy (non-hydrogen) atoms. The Morgan fingerprint density at radius 3 is 2.30 bits per heavy atom. The quantitative estimate of drug-likeness (QED) is 0.825. The summed E-state index contributed by atoms with van der Waals surface area (Å²) in [5.41, 5.74) is 1.63. The van der Waals surface area contributed by atoms with Crippen molar-refractivity contribution >= 4 is 24.2 Å². The Hall–Kier alpha value is -1.59. The van der Waals surface area contributed by atoms with Crippen LogP contribution in [-0.4, -0.2) is 43.9 Å². The normalized spacial score (nSPS) is 9.55. The second kappa shape index (κ2) is 9.34. The Bertz CT molecular complexity index is 435. The molecule has 0 radical (unpaired) electrons. The minimum atomic E-state index is -0.0630. The Kier molecular flexibility index (Phi) is 8.59. The number of rotatable bonds is 6. The first kappa shape index (κ1) is 18.4. The molecular formula is C14H22ClN3O2. The van der Waals surface area contributed by atoms with Gasteiger partial charge in [-0.15, -0.1) is 12.4 Å². The van der Waals surface area contributed by atoms with Crippen molar-refractivity contribution in [1.82, 2.24) is 15.5 Å². The number of halogens is 1. The van der Waals surface area contributed by atoms with Gasteiger partial charge in [-0.2, -0.15) is 0 Å². The Morgan fingerprint density at radius 1 is 1.20 bits per heavy atom. The highest BCUT2D eigenvalue weighted by Crippen LogP contribution is 2.07. The largest absolute Gasteiger partial charge is 0.352 e. The molecular weight excluding hydrogens is 278 g/mol. The van der Waals surface area contributed by atoms with E-state index in [4.69, 9.17) is 0 Å². The standard InChI is InChI=1S/C14H21N3O2.ClH/c1-11(18)16-10-12-4-6-13(7-5-12)14(19)17(3)9-8-15-2;/h4-7,15H,8-10H2,1-3H3,(H,16,18);1H. The molecule has 0 saturated heterocycles. The van der Waals surface area contributed by atoms with Gasteiger partial charge >= 0.3 is 0 Å². The molecule has 1 aromatic carbocycles. The third-order valence-corrected chi connectivity index (χ3v) is 2.79. The minimum Gasteiger partial charge on any atom is -0.352 e. The summed E-state index contributed by atoms with van der Waals surface area (Å²) < 4.78 is 0. The third-order valence-electron chi connectivity index (χ3n) is 2.79. The predicted molar refractivity (Wildman–Crippen MR) is 82.1 cm³/mol. The van der Waals surface area contributed by atoms with Crippen LogP contribution in [-0.2, 0) is 11.3 Å². The molecule has 1 rings (SSSR count). The fourth-order valence-corrected chi connectivity index (χ4v) is 1.59. The molecule has 0 spiro atoms. The second-order valence-corrected chi connectivity index (χ2v) is 4.44. The molecule has 0 unspecified atom stereocenters. The first-order valence-electron chi connectivity index (χ1n) is 6.28. The van der Waals surface area contributed by atoms with E-state index < -0.39 is 0 Å². The summed E-state index contributed by atoms with van der Waals surface area (Å²) >= 11 is 0.